The first kappa shape index (κ1) is 16.3. The van der Waals surface area contributed by atoms with Crippen molar-refractivity contribution in [3.05, 3.63) is 29.8 Å². The van der Waals surface area contributed by atoms with Crippen LogP contribution in [0.3, 0.4) is 0 Å². The minimum absolute atomic E-state index is 0.112. The second-order valence-corrected chi connectivity index (χ2v) is 6.92. The normalized spacial score (nSPS) is 21.8. The lowest BCUT2D eigenvalue weighted by molar-refractivity contribution is -0.0794. The molecule has 1 atom stereocenters. The van der Waals surface area contributed by atoms with E-state index in [1.54, 1.807) is 7.11 Å². The molecule has 0 aromatic heterocycles. The van der Waals surface area contributed by atoms with Gasteiger partial charge >= 0.3 is 0 Å². The molecule has 0 spiro atoms. The highest BCUT2D eigenvalue weighted by molar-refractivity contribution is 5.32. The van der Waals surface area contributed by atoms with Crippen molar-refractivity contribution in [3.8, 4) is 5.75 Å². The van der Waals surface area contributed by atoms with E-state index in [-0.39, 0.29) is 11.6 Å². The molecule has 0 bridgehead atoms. The minimum Gasteiger partial charge on any atom is -0.494 e. The van der Waals surface area contributed by atoms with E-state index in [0.717, 1.165) is 37.0 Å². The van der Waals surface area contributed by atoms with Crippen molar-refractivity contribution < 1.29 is 9.47 Å². The van der Waals surface area contributed by atoms with E-state index >= 15 is 0 Å². The van der Waals surface area contributed by atoms with Crippen molar-refractivity contribution in [3.63, 3.8) is 0 Å². The SMILES string of the molecule is CCOc1cccc(C(N)C2(OC)CCC(C)(C)CC2)c1. The van der Waals surface area contributed by atoms with Crippen LogP contribution in [0.1, 0.15) is 58.1 Å². The summed E-state index contributed by atoms with van der Waals surface area (Å²) in [6.07, 6.45) is 4.33. The van der Waals surface area contributed by atoms with Crippen LogP contribution >= 0.6 is 0 Å². The van der Waals surface area contributed by atoms with E-state index in [0.29, 0.717) is 12.0 Å². The number of hydrogen-bond acceptors (Lipinski definition) is 3. The summed E-state index contributed by atoms with van der Waals surface area (Å²) in [6.45, 7) is 7.32. The maximum absolute atomic E-state index is 6.59. The molecule has 2 rings (SSSR count). The number of rotatable bonds is 5. The van der Waals surface area contributed by atoms with Crippen molar-refractivity contribution >= 4 is 0 Å². The van der Waals surface area contributed by atoms with Crippen LogP contribution in [0.25, 0.3) is 0 Å². The van der Waals surface area contributed by atoms with E-state index in [9.17, 15) is 0 Å². The van der Waals surface area contributed by atoms with Crippen LogP contribution < -0.4 is 10.5 Å². The van der Waals surface area contributed by atoms with Crippen LogP contribution in [-0.4, -0.2) is 19.3 Å². The molecule has 0 saturated heterocycles. The quantitative estimate of drug-likeness (QED) is 0.889. The molecule has 0 aliphatic heterocycles. The number of hydrogen-bond donors (Lipinski definition) is 1. The molecular formula is C18H29NO2. The third-order valence-electron chi connectivity index (χ3n) is 4.95. The number of ether oxygens (including phenoxy) is 2. The van der Waals surface area contributed by atoms with Crippen LogP contribution in [0.5, 0.6) is 5.75 Å². The zero-order valence-electron chi connectivity index (χ0n) is 13.8. The molecule has 1 aliphatic rings. The molecule has 1 aromatic carbocycles. The van der Waals surface area contributed by atoms with Gasteiger partial charge in [0, 0.05) is 7.11 Å². The molecule has 1 unspecified atom stereocenters. The molecular weight excluding hydrogens is 262 g/mol. The van der Waals surface area contributed by atoms with Crippen molar-refractivity contribution in [1.82, 2.24) is 0 Å². The second-order valence-electron chi connectivity index (χ2n) is 6.92. The minimum atomic E-state index is -0.250. The molecule has 118 valence electrons. The topological polar surface area (TPSA) is 44.5 Å². The van der Waals surface area contributed by atoms with Crippen molar-refractivity contribution in [2.24, 2.45) is 11.1 Å². The average molecular weight is 291 g/mol. The Morgan fingerprint density at radius 1 is 1.19 bits per heavy atom. The van der Waals surface area contributed by atoms with E-state index in [1.165, 1.54) is 0 Å². The first-order valence-electron chi connectivity index (χ1n) is 7.96. The summed E-state index contributed by atoms with van der Waals surface area (Å²) < 4.78 is 11.5. The Balaban J connectivity index is 2.20. The van der Waals surface area contributed by atoms with Gasteiger partial charge in [0.25, 0.3) is 0 Å². The Bertz CT molecular complexity index is 460. The summed E-state index contributed by atoms with van der Waals surface area (Å²) in [6, 6.07) is 8.00. The molecule has 1 fully saturated rings. The van der Waals surface area contributed by atoms with Gasteiger partial charge in [0.1, 0.15) is 5.75 Å². The lowest BCUT2D eigenvalue weighted by Gasteiger charge is -2.46. The van der Waals surface area contributed by atoms with Crippen LogP contribution in [0, 0.1) is 5.41 Å². The number of nitrogens with two attached hydrogens (primary N) is 1. The zero-order chi connectivity index (χ0) is 15.5. The van der Waals surface area contributed by atoms with Crippen LogP contribution in [0.4, 0.5) is 0 Å². The Kier molecular flexibility index (Phi) is 4.95. The van der Waals surface area contributed by atoms with E-state index in [4.69, 9.17) is 15.2 Å². The first-order valence-corrected chi connectivity index (χ1v) is 7.96. The van der Waals surface area contributed by atoms with Gasteiger partial charge in [-0.05, 0) is 55.7 Å². The first-order chi connectivity index (χ1) is 9.92. The molecule has 1 aliphatic carbocycles. The summed E-state index contributed by atoms with van der Waals surface area (Å²) >= 11 is 0. The number of methoxy groups -OCH3 is 1. The van der Waals surface area contributed by atoms with Gasteiger partial charge in [-0.2, -0.15) is 0 Å². The predicted molar refractivity (Wildman–Crippen MR) is 86.5 cm³/mol. The highest BCUT2D eigenvalue weighted by atomic mass is 16.5. The zero-order valence-corrected chi connectivity index (χ0v) is 13.8. The molecule has 0 heterocycles. The smallest absolute Gasteiger partial charge is 0.119 e. The largest absolute Gasteiger partial charge is 0.494 e. The lowest BCUT2D eigenvalue weighted by atomic mass is 9.67. The summed E-state index contributed by atoms with van der Waals surface area (Å²) in [5.74, 6) is 0.882. The van der Waals surface area contributed by atoms with Gasteiger partial charge in [-0.15, -0.1) is 0 Å². The fraction of sp³-hybridized carbons (Fsp3) is 0.667. The standard InChI is InChI=1S/C18H29NO2/c1-5-21-15-8-6-7-14(13-15)16(19)18(20-4)11-9-17(2,3)10-12-18/h6-8,13,16H,5,9-12,19H2,1-4H3. The summed E-state index contributed by atoms with van der Waals surface area (Å²) in [5.41, 5.74) is 7.84. The Morgan fingerprint density at radius 3 is 2.43 bits per heavy atom. The predicted octanol–water partition coefficient (Wildman–Crippen LogP) is 4.07. The molecule has 0 radical (unpaired) electrons. The highest BCUT2D eigenvalue weighted by Crippen LogP contribution is 2.46. The third-order valence-corrected chi connectivity index (χ3v) is 4.95. The maximum atomic E-state index is 6.59. The van der Waals surface area contributed by atoms with Crippen LogP contribution in [0.15, 0.2) is 24.3 Å². The van der Waals surface area contributed by atoms with Gasteiger partial charge in [-0.3, -0.25) is 0 Å². The highest BCUT2D eigenvalue weighted by Gasteiger charge is 2.43. The van der Waals surface area contributed by atoms with Gasteiger partial charge in [-0.1, -0.05) is 26.0 Å². The molecule has 0 amide bonds. The molecule has 1 aromatic rings. The maximum Gasteiger partial charge on any atom is 0.119 e. The average Bonchev–Trinajstić information content (AvgIpc) is 2.48. The molecule has 21 heavy (non-hydrogen) atoms. The van der Waals surface area contributed by atoms with E-state index in [1.807, 2.05) is 19.1 Å². The lowest BCUT2D eigenvalue weighted by Crippen LogP contribution is -2.47. The summed E-state index contributed by atoms with van der Waals surface area (Å²) in [4.78, 5) is 0. The summed E-state index contributed by atoms with van der Waals surface area (Å²) in [7, 11) is 1.80. The van der Waals surface area contributed by atoms with Crippen molar-refractivity contribution in [2.75, 3.05) is 13.7 Å². The Morgan fingerprint density at radius 2 is 1.86 bits per heavy atom. The monoisotopic (exact) mass is 291 g/mol. The van der Waals surface area contributed by atoms with Gasteiger partial charge < -0.3 is 15.2 Å². The fourth-order valence-electron chi connectivity index (χ4n) is 3.26. The second kappa shape index (κ2) is 6.37. The van der Waals surface area contributed by atoms with Crippen molar-refractivity contribution in [2.45, 2.75) is 58.1 Å². The third kappa shape index (κ3) is 3.58. The van der Waals surface area contributed by atoms with E-state index < -0.39 is 0 Å². The van der Waals surface area contributed by atoms with Gasteiger partial charge in [0.05, 0.1) is 18.2 Å². The van der Waals surface area contributed by atoms with Gasteiger partial charge in [0.15, 0.2) is 0 Å². The van der Waals surface area contributed by atoms with Crippen LogP contribution in [0.2, 0.25) is 0 Å². The molecule has 3 heteroatoms. The fourth-order valence-corrected chi connectivity index (χ4v) is 3.26. The Labute approximate surface area is 128 Å². The van der Waals surface area contributed by atoms with Gasteiger partial charge in [0.2, 0.25) is 0 Å². The summed E-state index contributed by atoms with van der Waals surface area (Å²) in [5, 5.41) is 0. The molecule has 2 N–H and O–H groups in total. The number of benzene rings is 1. The van der Waals surface area contributed by atoms with Crippen molar-refractivity contribution in [1.29, 1.82) is 0 Å². The van der Waals surface area contributed by atoms with E-state index in [2.05, 4.69) is 26.0 Å². The molecule has 1 saturated carbocycles. The van der Waals surface area contributed by atoms with Crippen LogP contribution in [-0.2, 0) is 4.74 Å². The van der Waals surface area contributed by atoms with Gasteiger partial charge in [-0.25, -0.2) is 0 Å². The Hall–Kier alpha value is -1.06. The molecule has 3 nitrogen and oxygen atoms in total.